The number of pyridine rings is 1. The highest BCUT2D eigenvalue weighted by Crippen LogP contribution is 2.23. The van der Waals surface area contributed by atoms with Gasteiger partial charge in [-0.1, -0.05) is 23.4 Å². The van der Waals surface area contributed by atoms with Gasteiger partial charge < -0.3 is 20.1 Å². The fourth-order valence-corrected chi connectivity index (χ4v) is 3.47. The maximum Gasteiger partial charge on any atom is 0.258 e. The van der Waals surface area contributed by atoms with E-state index in [0.29, 0.717) is 41.4 Å². The zero-order valence-corrected chi connectivity index (χ0v) is 19.5. The molecule has 2 aromatic carbocycles. The van der Waals surface area contributed by atoms with Crippen molar-refractivity contribution >= 4 is 34.9 Å². The predicted octanol–water partition coefficient (Wildman–Crippen LogP) is 4.19. The van der Waals surface area contributed by atoms with Crippen LogP contribution in [0.5, 0.6) is 0 Å². The van der Waals surface area contributed by atoms with Gasteiger partial charge >= 0.3 is 0 Å². The summed E-state index contributed by atoms with van der Waals surface area (Å²) < 4.78 is 23.7. The Hall–Kier alpha value is -3.77. The van der Waals surface area contributed by atoms with Crippen molar-refractivity contribution in [2.24, 2.45) is 0 Å². The van der Waals surface area contributed by atoms with E-state index in [4.69, 9.17) is 21.1 Å². The van der Waals surface area contributed by atoms with E-state index in [2.05, 4.69) is 27.5 Å². The Bertz CT molecular complexity index is 1310. The van der Waals surface area contributed by atoms with E-state index in [0.717, 1.165) is 0 Å². The molecule has 1 aromatic heterocycles. The second kappa shape index (κ2) is 11.1. The van der Waals surface area contributed by atoms with E-state index < -0.39 is 12.0 Å². The SMILES string of the molecule is Cc1cc(C#Cc2ccc(F)cc2)cnc1NC(=O)c1cc(NC(=O)C2COCCO2)ccc1Cl. The number of amides is 2. The highest BCUT2D eigenvalue weighted by molar-refractivity contribution is 6.34. The largest absolute Gasteiger partial charge is 0.376 e. The molecule has 1 atom stereocenters. The van der Waals surface area contributed by atoms with Crippen molar-refractivity contribution in [1.82, 2.24) is 4.98 Å². The number of hydrogen-bond donors (Lipinski definition) is 2. The Morgan fingerprint density at radius 1 is 1.06 bits per heavy atom. The zero-order valence-electron chi connectivity index (χ0n) is 18.7. The first kappa shape index (κ1) is 24.4. The number of nitrogens with one attached hydrogen (secondary N) is 2. The number of aryl methyl sites for hydroxylation is 1. The second-order valence-electron chi connectivity index (χ2n) is 7.72. The molecule has 0 aliphatic carbocycles. The lowest BCUT2D eigenvalue weighted by atomic mass is 10.1. The van der Waals surface area contributed by atoms with Crippen molar-refractivity contribution in [1.29, 1.82) is 0 Å². The number of aromatic nitrogens is 1. The van der Waals surface area contributed by atoms with Crippen molar-refractivity contribution in [3.05, 3.63) is 87.8 Å². The number of benzene rings is 2. The Labute approximate surface area is 206 Å². The summed E-state index contributed by atoms with van der Waals surface area (Å²) in [6.45, 7) is 2.75. The standard InChI is InChI=1S/C26H21ClFN3O4/c1-16-12-18(3-2-17-4-6-19(28)7-5-17)14-29-24(16)31-25(32)21-13-20(8-9-22(21)27)30-26(33)23-15-34-10-11-35-23/h4-9,12-14,23H,10-11,15H2,1H3,(H,30,33)(H,29,31,32). The van der Waals surface area contributed by atoms with Crippen molar-refractivity contribution < 1.29 is 23.5 Å². The maximum atomic E-state index is 13.0. The van der Waals surface area contributed by atoms with Gasteiger partial charge in [-0.3, -0.25) is 9.59 Å². The molecule has 3 aromatic rings. The van der Waals surface area contributed by atoms with E-state index in [-0.39, 0.29) is 28.9 Å². The quantitative estimate of drug-likeness (QED) is 0.532. The summed E-state index contributed by atoms with van der Waals surface area (Å²) >= 11 is 6.24. The molecule has 0 saturated carbocycles. The molecule has 178 valence electrons. The molecular formula is C26H21ClFN3O4. The zero-order chi connectivity index (χ0) is 24.8. The van der Waals surface area contributed by atoms with Crippen LogP contribution >= 0.6 is 11.6 Å². The van der Waals surface area contributed by atoms with Gasteiger partial charge in [0.05, 0.1) is 30.4 Å². The summed E-state index contributed by atoms with van der Waals surface area (Å²) in [5.41, 5.74) is 2.58. The molecular weight excluding hydrogens is 473 g/mol. The van der Waals surface area contributed by atoms with Gasteiger partial charge in [0.1, 0.15) is 11.6 Å². The Morgan fingerprint density at radius 3 is 2.54 bits per heavy atom. The van der Waals surface area contributed by atoms with Crippen molar-refractivity contribution in [3.63, 3.8) is 0 Å². The lowest BCUT2D eigenvalue weighted by Crippen LogP contribution is -2.39. The molecule has 1 aliphatic rings. The Morgan fingerprint density at radius 2 is 1.83 bits per heavy atom. The third-order valence-corrected chi connectivity index (χ3v) is 5.42. The number of rotatable bonds is 4. The molecule has 1 fully saturated rings. The maximum absolute atomic E-state index is 13.0. The van der Waals surface area contributed by atoms with E-state index in [1.807, 2.05) is 0 Å². The van der Waals surface area contributed by atoms with Crippen molar-refractivity contribution in [2.75, 3.05) is 30.5 Å². The van der Waals surface area contributed by atoms with Crippen LogP contribution < -0.4 is 10.6 Å². The summed E-state index contributed by atoms with van der Waals surface area (Å²) in [5.74, 6) is 5.08. The molecule has 4 rings (SSSR count). The number of carbonyl (C=O) groups excluding carboxylic acids is 2. The van der Waals surface area contributed by atoms with Gasteiger partial charge in [-0.25, -0.2) is 9.37 Å². The Kier molecular flexibility index (Phi) is 7.73. The fraction of sp³-hybridized carbons (Fsp3) is 0.192. The van der Waals surface area contributed by atoms with E-state index >= 15 is 0 Å². The highest BCUT2D eigenvalue weighted by Gasteiger charge is 2.23. The lowest BCUT2D eigenvalue weighted by Gasteiger charge is -2.22. The van der Waals surface area contributed by atoms with Crippen LogP contribution in [0.1, 0.15) is 27.0 Å². The number of nitrogens with zero attached hydrogens (tertiary/aromatic N) is 1. The minimum atomic E-state index is -0.715. The van der Waals surface area contributed by atoms with Crippen LogP contribution in [-0.4, -0.2) is 42.7 Å². The highest BCUT2D eigenvalue weighted by atomic mass is 35.5. The Balaban J connectivity index is 1.45. The number of hydrogen-bond acceptors (Lipinski definition) is 5. The first-order valence-corrected chi connectivity index (χ1v) is 11.1. The number of anilines is 2. The van der Waals surface area contributed by atoms with Crippen LogP contribution in [0.2, 0.25) is 5.02 Å². The molecule has 2 amide bonds. The summed E-state index contributed by atoms with van der Waals surface area (Å²) in [6.07, 6.45) is 0.817. The van der Waals surface area contributed by atoms with E-state index in [1.165, 1.54) is 30.5 Å². The summed E-state index contributed by atoms with van der Waals surface area (Å²) in [5, 5.41) is 5.67. The third-order valence-electron chi connectivity index (χ3n) is 5.09. The molecule has 2 heterocycles. The molecule has 9 heteroatoms. The van der Waals surface area contributed by atoms with Crippen LogP contribution in [0, 0.1) is 24.6 Å². The minimum absolute atomic E-state index is 0.169. The number of ether oxygens (including phenoxy) is 2. The van der Waals surface area contributed by atoms with Gasteiger partial charge in [-0.2, -0.15) is 0 Å². The van der Waals surface area contributed by atoms with Crippen LogP contribution in [0.25, 0.3) is 0 Å². The van der Waals surface area contributed by atoms with Gasteiger partial charge in [0.2, 0.25) is 0 Å². The topological polar surface area (TPSA) is 89.6 Å². The van der Waals surface area contributed by atoms with Gasteiger partial charge in [0.15, 0.2) is 6.10 Å². The third kappa shape index (κ3) is 6.43. The van der Waals surface area contributed by atoms with Gasteiger partial charge in [-0.15, -0.1) is 0 Å². The molecule has 0 bridgehead atoms. The number of carbonyl (C=O) groups is 2. The van der Waals surface area contributed by atoms with Gasteiger partial charge in [-0.05, 0) is 61.0 Å². The molecule has 1 aliphatic heterocycles. The smallest absolute Gasteiger partial charge is 0.258 e. The molecule has 35 heavy (non-hydrogen) atoms. The van der Waals surface area contributed by atoms with E-state index in [9.17, 15) is 14.0 Å². The fourth-order valence-electron chi connectivity index (χ4n) is 3.27. The van der Waals surface area contributed by atoms with Gasteiger partial charge in [0.25, 0.3) is 11.8 Å². The second-order valence-corrected chi connectivity index (χ2v) is 8.13. The normalized spacial score (nSPS) is 15.0. The average Bonchev–Trinajstić information content (AvgIpc) is 2.86. The predicted molar refractivity (Wildman–Crippen MR) is 130 cm³/mol. The minimum Gasteiger partial charge on any atom is -0.376 e. The van der Waals surface area contributed by atoms with Crippen LogP contribution in [0.3, 0.4) is 0 Å². The van der Waals surface area contributed by atoms with Crippen molar-refractivity contribution in [2.45, 2.75) is 13.0 Å². The first-order valence-electron chi connectivity index (χ1n) is 10.7. The van der Waals surface area contributed by atoms with Gasteiger partial charge in [0, 0.05) is 23.0 Å². The van der Waals surface area contributed by atoms with Crippen LogP contribution in [0.4, 0.5) is 15.9 Å². The van der Waals surface area contributed by atoms with Crippen LogP contribution in [0.15, 0.2) is 54.7 Å². The van der Waals surface area contributed by atoms with Crippen molar-refractivity contribution in [3.8, 4) is 11.8 Å². The summed E-state index contributed by atoms with van der Waals surface area (Å²) in [6, 6.07) is 12.3. The molecule has 7 nitrogen and oxygen atoms in total. The summed E-state index contributed by atoms with van der Waals surface area (Å²) in [4.78, 5) is 29.6. The molecule has 0 radical (unpaired) electrons. The average molecular weight is 494 g/mol. The monoisotopic (exact) mass is 493 g/mol. The lowest BCUT2D eigenvalue weighted by molar-refractivity contribution is -0.142. The molecule has 1 saturated heterocycles. The number of halogens is 2. The first-order chi connectivity index (χ1) is 16.9. The van der Waals surface area contributed by atoms with E-state index in [1.54, 1.807) is 31.2 Å². The van der Waals surface area contributed by atoms with Crippen LogP contribution in [-0.2, 0) is 14.3 Å². The summed E-state index contributed by atoms with van der Waals surface area (Å²) in [7, 11) is 0. The molecule has 1 unspecified atom stereocenters. The molecule has 0 spiro atoms. The molecule has 2 N–H and O–H groups in total.